The Morgan fingerprint density at radius 3 is 3.00 bits per heavy atom. The third-order valence-corrected chi connectivity index (χ3v) is 3.33. The zero-order valence-corrected chi connectivity index (χ0v) is 9.52. The van der Waals surface area contributed by atoms with Gasteiger partial charge in [0.2, 0.25) is 0 Å². The average molecular weight is 229 g/mol. The lowest BCUT2D eigenvalue weighted by Gasteiger charge is -2.10. The molecule has 88 valence electrons. The van der Waals surface area contributed by atoms with E-state index in [-0.39, 0.29) is 5.69 Å². The van der Waals surface area contributed by atoms with Crippen LogP contribution in [0.1, 0.15) is 17.9 Å². The smallest absolute Gasteiger partial charge is 0.316 e. The highest BCUT2D eigenvalue weighted by molar-refractivity contribution is 5.37. The van der Waals surface area contributed by atoms with Crippen molar-refractivity contribution in [1.82, 2.24) is 14.9 Å². The van der Waals surface area contributed by atoms with Gasteiger partial charge < -0.3 is 10.3 Å². The molecule has 1 atom stereocenters. The van der Waals surface area contributed by atoms with Gasteiger partial charge in [-0.15, -0.1) is 0 Å². The highest BCUT2D eigenvalue weighted by Gasteiger charge is 2.16. The maximum absolute atomic E-state index is 11.5. The third kappa shape index (κ3) is 1.91. The number of nitrogens with one attached hydrogen (secondary N) is 2. The van der Waals surface area contributed by atoms with Gasteiger partial charge in [0.05, 0.1) is 5.69 Å². The van der Waals surface area contributed by atoms with E-state index in [4.69, 9.17) is 0 Å². The van der Waals surface area contributed by atoms with Gasteiger partial charge in [0, 0.05) is 18.9 Å². The summed E-state index contributed by atoms with van der Waals surface area (Å²) in [5.74, 6) is 0.574. The van der Waals surface area contributed by atoms with Crippen molar-refractivity contribution in [1.29, 1.82) is 0 Å². The summed E-state index contributed by atoms with van der Waals surface area (Å²) in [6, 6.07) is 8.22. The number of aromatic nitrogens is 2. The monoisotopic (exact) mass is 229 g/mol. The molecule has 4 nitrogen and oxygen atoms in total. The van der Waals surface area contributed by atoms with Gasteiger partial charge in [-0.1, -0.05) is 12.1 Å². The number of hydrogen-bond acceptors (Lipinski definition) is 2. The first kappa shape index (κ1) is 10.4. The highest BCUT2D eigenvalue weighted by Crippen LogP contribution is 2.23. The molecular formula is C13H15N3O. The fourth-order valence-electron chi connectivity index (χ4n) is 2.39. The zero-order chi connectivity index (χ0) is 11.7. The normalized spacial score (nSPS) is 19.6. The molecule has 4 heteroatoms. The predicted octanol–water partition coefficient (Wildman–Crippen LogP) is 1.24. The van der Waals surface area contributed by atoms with Gasteiger partial charge in [-0.05, 0) is 36.6 Å². The molecule has 0 bridgehead atoms. The number of H-pyrrole nitrogens is 1. The van der Waals surface area contributed by atoms with Crippen molar-refractivity contribution in [3.8, 4) is 5.69 Å². The van der Waals surface area contributed by atoms with Crippen LogP contribution in [0.25, 0.3) is 5.69 Å². The van der Waals surface area contributed by atoms with E-state index in [2.05, 4.69) is 22.4 Å². The molecule has 1 unspecified atom stereocenters. The molecule has 1 aromatic carbocycles. The molecule has 2 N–H and O–H groups in total. The number of nitrogens with zero attached hydrogens (tertiary/aromatic N) is 1. The quantitative estimate of drug-likeness (QED) is 0.814. The summed E-state index contributed by atoms with van der Waals surface area (Å²) in [5, 5.41) is 3.36. The van der Waals surface area contributed by atoms with Gasteiger partial charge in [-0.3, -0.25) is 4.57 Å². The van der Waals surface area contributed by atoms with E-state index in [1.165, 1.54) is 12.0 Å². The molecule has 0 saturated carbocycles. The van der Waals surface area contributed by atoms with E-state index in [9.17, 15) is 4.79 Å². The van der Waals surface area contributed by atoms with Crippen LogP contribution in [-0.4, -0.2) is 22.6 Å². The van der Waals surface area contributed by atoms with Crippen LogP contribution in [0.3, 0.4) is 0 Å². The molecule has 0 amide bonds. The van der Waals surface area contributed by atoms with Crippen LogP contribution < -0.4 is 11.0 Å². The Labute approximate surface area is 99.3 Å². The maximum atomic E-state index is 11.5. The molecule has 2 aromatic rings. The molecule has 17 heavy (non-hydrogen) atoms. The minimum absolute atomic E-state index is 0.0910. The minimum atomic E-state index is -0.0910. The number of benzene rings is 1. The Balaban J connectivity index is 1.99. The zero-order valence-electron chi connectivity index (χ0n) is 9.52. The van der Waals surface area contributed by atoms with Crippen LogP contribution in [0, 0.1) is 0 Å². The molecule has 1 aliphatic rings. The van der Waals surface area contributed by atoms with E-state index in [0.29, 0.717) is 5.92 Å². The summed E-state index contributed by atoms with van der Waals surface area (Å²) in [4.78, 5) is 14.2. The van der Waals surface area contributed by atoms with Crippen molar-refractivity contribution in [2.45, 2.75) is 12.3 Å². The first-order valence-corrected chi connectivity index (χ1v) is 5.92. The van der Waals surface area contributed by atoms with E-state index in [0.717, 1.165) is 18.8 Å². The summed E-state index contributed by atoms with van der Waals surface area (Å²) < 4.78 is 1.63. The third-order valence-electron chi connectivity index (χ3n) is 3.33. The topological polar surface area (TPSA) is 49.8 Å². The largest absolute Gasteiger partial charge is 0.330 e. The Kier molecular flexibility index (Phi) is 2.57. The second-order valence-corrected chi connectivity index (χ2v) is 4.42. The van der Waals surface area contributed by atoms with Crippen molar-refractivity contribution in [2.24, 2.45) is 0 Å². The fraction of sp³-hybridized carbons (Fsp3) is 0.308. The molecule has 0 aliphatic carbocycles. The Morgan fingerprint density at radius 1 is 1.35 bits per heavy atom. The van der Waals surface area contributed by atoms with Crippen molar-refractivity contribution >= 4 is 0 Å². The molecule has 1 aliphatic heterocycles. The number of imidazole rings is 1. The van der Waals surface area contributed by atoms with E-state index in [1.807, 2.05) is 12.1 Å². The Morgan fingerprint density at radius 2 is 2.29 bits per heavy atom. The fourth-order valence-corrected chi connectivity index (χ4v) is 2.39. The summed E-state index contributed by atoms with van der Waals surface area (Å²) in [6.07, 6.45) is 4.59. The molecular weight excluding hydrogens is 214 g/mol. The molecule has 2 heterocycles. The first-order chi connectivity index (χ1) is 8.34. The Hall–Kier alpha value is -1.81. The number of aromatic amines is 1. The van der Waals surface area contributed by atoms with Gasteiger partial charge in [0.15, 0.2) is 0 Å². The summed E-state index contributed by atoms with van der Waals surface area (Å²) in [7, 11) is 0. The summed E-state index contributed by atoms with van der Waals surface area (Å²) >= 11 is 0. The van der Waals surface area contributed by atoms with Gasteiger partial charge in [-0.2, -0.15) is 0 Å². The van der Waals surface area contributed by atoms with Crippen LogP contribution in [-0.2, 0) is 0 Å². The standard InChI is InChI=1S/C13H15N3O/c17-13-15-6-7-16(13)12-3-1-2-10(8-12)11-4-5-14-9-11/h1-3,6-8,11,14H,4-5,9H2,(H,15,17). The van der Waals surface area contributed by atoms with Crippen LogP contribution in [0.2, 0.25) is 0 Å². The van der Waals surface area contributed by atoms with Gasteiger partial charge >= 0.3 is 5.69 Å². The van der Waals surface area contributed by atoms with Gasteiger partial charge in [-0.25, -0.2) is 4.79 Å². The second kappa shape index (κ2) is 4.22. The van der Waals surface area contributed by atoms with Gasteiger partial charge in [0.25, 0.3) is 0 Å². The second-order valence-electron chi connectivity index (χ2n) is 4.42. The average Bonchev–Trinajstić information content (AvgIpc) is 2.99. The number of rotatable bonds is 2. The molecule has 1 fully saturated rings. The Bertz CT molecular complexity index is 564. The van der Waals surface area contributed by atoms with Crippen molar-refractivity contribution in [3.05, 3.63) is 52.7 Å². The maximum Gasteiger partial charge on any atom is 0.330 e. The SMILES string of the molecule is O=c1[nH]ccn1-c1cccc(C2CCNC2)c1. The van der Waals surface area contributed by atoms with E-state index in [1.54, 1.807) is 17.0 Å². The van der Waals surface area contributed by atoms with Crippen molar-refractivity contribution in [2.75, 3.05) is 13.1 Å². The van der Waals surface area contributed by atoms with Crippen LogP contribution >= 0.6 is 0 Å². The van der Waals surface area contributed by atoms with Crippen molar-refractivity contribution < 1.29 is 0 Å². The first-order valence-electron chi connectivity index (χ1n) is 5.92. The van der Waals surface area contributed by atoms with E-state index < -0.39 is 0 Å². The predicted molar refractivity (Wildman–Crippen MR) is 66.6 cm³/mol. The lowest BCUT2D eigenvalue weighted by Crippen LogP contribution is -2.14. The molecule has 0 radical (unpaired) electrons. The van der Waals surface area contributed by atoms with Crippen LogP contribution in [0.15, 0.2) is 41.5 Å². The van der Waals surface area contributed by atoms with Crippen LogP contribution in [0.5, 0.6) is 0 Å². The lowest BCUT2D eigenvalue weighted by atomic mass is 9.98. The molecule has 0 spiro atoms. The number of hydrogen-bond donors (Lipinski definition) is 2. The van der Waals surface area contributed by atoms with Crippen LogP contribution in [0.4, 0.5) is 0 Å². The lowest BCUT2D eigenvalue weighted by molar-refractivity contribution is 0.761. The summed E-state index contributed by atoms with van der Waals surface area (Å²) in [5.41, 5.74) is 2.15. The molecule has 1 aromatic heterocycles. The van der Waals surface area contributed by atoms with E-state index >= 15 is 0 Å². The minimum Gasteiger partial charge on any atom is -0.316 e. The molecule has 1 saturated heterocycles. The van der Waals surface area contributed by atoms with Crippen molar-refractivity contribution in [3.63, 3.8) is 0 Å². The highest BCUT2D eigenvalue weighted by atomic mass is 16.1. The summed E-state index contributed by atoms with van der Waals surface area (Å²) in [6.45, 7) is 2.12. The molecule has 3 rings (SSSR count). The van der Waals surface area contributed by atoms with Gasteiger partial charge in [0.1, 0.15) is 0 Å².